The Kier molecular flexibility index (Phi) is 4.74. The predicted octanol–water partition coefficient (Wildman–Crippen LogP) is 3.45. The molecule has 7 heteroatoms. The van der Waals surface area contributed by atoms with Gasteiger partial charge in [0.15, 0.2) is 5.78 Å². The summed E-state index contributed by atoms with van der Waals surface area (Å²) in [5.74, 6) is -0.145. The van der Waals surface area contributed by atoms with Crippen LogP contribution in [0.5, 0.6) is 11.5 Å². The summed E-state index contributed by atoms with van der Waals surface area (Å²) in [5, 5.41) is 11.2. The van der Waals surface area contributed by atoms with E-state index in [1.807, 2.05) is 23.1 Å². The molecule has 0 unspecified atom stereocenters. The van der Waals surface area contributed by atoms with Crippen LogP contribution in [-0.2, 0) is 16.0 Å². The monoisotopic (exact) mass is 430 g/mol. The summed E-state index contributed by atoms with van der Waals surface area (Å²) in [4.78, 5) is 31.4. The van der Waals surface area contributed by atoms with Crippen molar-refractivity contribution in [2.45, 2.75) is 6.42 Å². The first-order valence-electron chi connectivity index (χ1n) is 10.3. The number of carbonyl (C=O) groups excluding carboxylic acids is 2. The van der Waals surface area contributed by atoms with Crippen molar-refractivity contribution in [2.75, 3.05) is 27.3 Å². The molecular weight excluding hydrogens is 408 g/mol. The average molecular weight is 430 g/mol. The number of ether oxygens (including phenoxy) is 2. The number of methoxy groups -OCH3 is 2. The van der Waals surface area contributed by atoms with E-state index in [1.165, 1.54) is 13.2 Å². The second-order valence-corrected chi connectivity index (χ2v) is 7.83. The van der Waals surface area contributed by atoms with Crippen molar-refractivity contribution in [1.82, 2.24) is 9.88 Å². The summed E-state index contributed by atoms with van der Waals surface area (Å²) in [6, 6.07) is 12.3. The minimum atomic E-state index is -0.517. The number of esters is 1. The van der Waals surface area contributed by atoms with Gasteiger partial charge in [0.1, 0.15) is 11.5 Å². The van der Waals surface area contributed by atoms with Crippen LogP contribution in [0.4, 0.5) is 0 Å². The smallest absolute Gasteiger partial charge is 0.340 e. The van der Waals surface area contributed by atoms with Gasteiger partial charge >= 0.3 is 5.97 Å². The van der Waals surface area contributed by atoms with Crippen molar-refractivity contribution in [2.24, 2.45) is 0 Å². The first kappa shape index (κ1) is 19.9. The number of aromatic amines is 1. The Bertz CT molecular complexity index is 1330. The zero-order valence-corrected chi connectivity index (χ0v) is 17.8. The number of hydrogen-bond acceptors (Lipinski definition) is 6. The number of H-pyrrole nitrogens is 1. The van der Waals surface area contributed by atoms with E-state index in [1.54, 1.807) is 31.4 Å². The Morgan fingerprint density at radius 1 is 1.12 bits per heavy atom. The summed E-state index contributed by atoms with van der Waals surface area (Å²) < 4.78 is 10.4. The minimum absolute atomic E-state index is 0.0849. The number of phenolic OH excluding ortho intramolecular Hbond substituents is 1. The summed E-state index contributed by atoms with van der Waals surface area (Å²) >= 11 is 0. The number of benzene rings is 2. The van der Waals surface area contributed by atoms with Gasteiger partial charge in [-0.3, -0.25) is 4.79 Å². The van der Waals surface area contributed by atoms with Crippen LogP contribution < -0.4 is 4.74 Å². The molecule has 0 fully saturated rings. The van der Waals surface area contributed by atoms with Crippen LogP contribution in [-0.4, -0.2) is 54.1 Å². The van der Waals surface area contributed by atoms with Crippen LogP contribution in [0.3, 0.4) is 0 Å². The maximum Gasteiger partial charge on any atom is 0.340 e. The van der Waals surface area contributed by atoms with Gasteiger partial charge in [0.2, 0.25) is 0 Å². The molecule has 2 aliphatic rings. The summed E-state index contributed by atoms with van der Waals surface area (Å²) in [6.45, 7) is 0.972. The normalized spacial score (nSPS) is 15.2. The number of aromatic nitrogens is 1. The highest BCUT2D eigenvalue weighted by Crippen LogP contribution is 2.40. The van der Waals surface area contributed by atoms with E-state index < -0.39 is 5.97 Å². The zero-order valence-electron chi connectivity index (χ0n) is 17.8. The number of hydrogen-bond donors (Lipinski definition) is 2. The molecule has 0 atom stereocenters. The number of fused-ring (bicyclic) bond motifs is 5. The predicted molar refractivity (Wildman–Crippen MR) is 120 cm³/mol. The van der Waals surface area contributed by atoms with Gasteiger partial charge in [0.25, 0.3) is 0 Å². The highest BCUT2D eigenvalue weighted by atomic mass is 16.5. The highest BCUT2D eigenvalue weighted by Gasteiger charge is 2.34. The highest BCUT2D eigenvalue weighted by molar-refractivity contribution is 6.14. The second-order valence-electron chi connectivity index (χ2n) is 7.83. The van der Waals surface area contributed by atoms with Crippen LogP contribution in [0.25, 0.3) is 16.6 Å². The molecule has 2 N–H and O–H groups in total. The lowest BCUT2D eigenvalue weighted by atomic mass is 9.90. The Morgan fingerprint density at radius 3 is 2.69 bits per heavy atom. The largest absolute Gasteiger partial charge is 0.507 e. The Hall–Kier alpha value is -4.00. The van der Waals surface area contributed by atoms with Crippen molar-refractivity contribution in [3.05, 3.63) is 76.5 Å². The SMILES string of the molecule is COC(=O)C1=C2c3[nH]c4ccc(OC)cc4c3CCN2CC(C(=O)c2ccccc2O)=C1. The molecule has 162 valence electrons. The maximum atomic E-state index is 13.2. The molecule has 1 aromatic heterocycles. The molecule has 3 heterocycles. The number of nitrogens with zero attached hydrogens (tertiary/aromatic N) is 1. The van der Waals surface area contributed by atoms with Crippen molar-refractivity contribution < 1.29 is 24.2 Å². The van der Waals surface area contributed by atoms with Crippen LogP contribution in [0.1, 0.15) is 21.6 Å². The summed E-state index contributed by atoms with van der Waals surface area (Å²) in [5.41, 5.74) is 4.59. The molecule has 0 aliphatic carbocycles. The number of carbonyl (C=O) groups is 2. The first-order valence-corrected chi connectivity index (χ1v) is 10.3. The summed E-state index contributed by atoms with van der Waals surface area (Å²) in [6.07, 6.45) is 2.34. The quantitative estimate of drug-likeness (QED) is 0.487. The average Bonchev–Trinajstić information content (AvgIpc) is 3.20. The van der Waals surface area contributed by atoms with E-state index in [2.05, 4.69) is 4.98 Å². The topological polar surface area (TPSA) is 91.9 Å². The minimum Gasteiger partial charge on any atom is -0.507 e. The van der Waals surface area contributed by atoms with Crippen LogP contribution in [0.2, 0.25) is 0 Å². The van der Waals surface area contributed by atoms with Crippen LogP contribution >= 0.6 is 0 Å². The van der Waals surface area contributed by atoms with E-state index in [0.717, 1.165) is 40.0 Å². The van der Waals surface area contributed by atoms with Crippen molar-refractivity contribution >= 4 is 28.4 Å². The molecular formula is C25H22N2O5. The fourth-order valence-corrected chi connectivity index (χ4v) is 4.53. The molecule has 7 nitrogen and oxygen atoms in total. The third-order valence-corrected chi connectivity index (χ3v) is 6.08. The standard InChI is InChI=1S/C25H22N2O5/c1-31-15-7-8-20-18(12-15)16-9-10-27-13-14(24(29)17-5-3-4-6-21(17)28)11-19(25(30)32-2)23(27)22(16)26-20/h3-8,11-12,26,28H,9-10,13H2,1-2H3. The van der Waals surface area contributed by atoms with Crippen LogP contribution in [0.15, 0.2) is 59.7 Å². The lowest BCUT2D eigenvalue weighted by Gasteiger charge is -2.36. The molecule has 0 amide bonds. The molecule has 3 aromatic rings. The number of phenols is 1. The molecule has 0 spiro atoms. The molecule has 5 rings (SSSR count). The number of nitrogens with one attached hydrogen (secondary N) is 1. The van der Waals surface area contributed by atoms with E-state index in [9.17, 15) is 14.7 Å². The van der Waals surface area contributed by atoms with Crippen LogP contribution in [0, 0.1) is 0 Å². The van der Waals surface area contributed by atoms with Gasteiger partial charge in [0, 0.05) is 29.6 Å². The van der Waals surface area contributed by atoms with E-state index in [4.69, 9.17) is 9.47 Å². The fraction of sp³-hybridized carbons (Fsp3) is 0.200. The number of Topliss-reactive ketones (excluding diaryl/α,β-unsaturated/α-hetero) is 1. The van der Waals surface area contributed by atoms with Crippen molar-refractivity contribution in [3.63, 3.8) is 0 Å². The van der Waals surface area contributed by atoms with Crippen molar-refractivity contribution in [3.8, 4) is 11.5 Å². The van der Waals surface area contributed by atoms with Gasteiger partial charge in [-0.25, -0.2) is 4.79 Å². The molecule has 0 saturated carbocycles. The molecule has 0 radical (unpaired) electrons. The Labute approximate surface area is 184 Å². The number of rotatable bonds is 4. The van der Waals surface area contributed by atoms with Gasteiger partial charge in [-0.1, -0.05) is 12.1 Å². The van der Waals surface area contributed by atoms with E-state index >= 15 is 0 Å². The number of para-hydroxylation sites is 1. The molecule has 2 aromatic carbocycles. The lowest BCUT2D eigenvalue weighted by molar-refractivity contribution is -0.135. The first-order chi connectivity index (χ1) is 15.5. The lowest BCUT2D eigenvalue weighted by Crippen LogP contribution is -2.36. The third kappa shape index (κ3) is 3.05. The maximum absolute atomic E-state index is 13.2. The Balaban J connectivity index is 1.68. The van der Waals surface area contributed by atoms with Gasteiger partial charge in [0.05, 0.1) is 36.7 Å². The van der Waals surface area contributed by atoms with Gasteiger partial charge < -0.3 is 24.5 Å². The number of ketones is 1. The summed E-state index contributed by atoms with van der Waals surface area (Å²) in [7, 11) is 2.96. The van der Waals surface area contributed by atoms with Gasteiger partial charge in [-0.05, 0) is 48.4 Å². The zero-order chi connectivity index (χ0) is 22.4. The Morgan fingerprint density at radius 2 is 1.94 bits per heavy atom. The van der Waals surface area contributed by atoms with E-state index in [-0.39, 0.29) is 17.1 Å². The second kappa shape index (κ2) is 7.60. The van der Waals surface area contributed by atoms with E-state index in [0.29, 0.717) is 24.2 Å². The molecule has 0 saturated heterocycles. The van der Waals surface area contributed by atoms with Gasteiger partial charge in [-0.2, -0.15) is 0 Å². The third-order valence-electron chi connectivity index (χ3n) is 6.08. The van der Waals surface area contributed by atoms with Gasteiger partial charge in [-0.15, -0.1) is 0 Å². The number of aromatic hydroxyl groups is 1. The van der Waals surface area contributed by atoms with Crippen molar-refractivity contribution in [1.29, 1.82) is 0 Å². The molecule has 32 heavy (non-hydrogen) atoms. The molecule has 0 bridgehead atoms. The fourth-order valence-electron chi connectivity index (χ4n) is 4.53. The molecule has 2 aliphatic heterocycles.